The summed E-state index contributed by atoms with van der Waals surface area (Å²) in [6.07, 6.45) is 1.94. The van der Waals surface area contributed by atoms with E-state index >= 15 is 0 Å². The summed E-state index contributed by atoms with van der Waals surface area (Å²) in [7, 11) is 0. The Hall–Kier alpha value is -3.24. The van der Waals surface area contributed by atoms with Crippen LogP contribution in [0.15, 0.2) is 75.7 Å². The number of carbonyl (C=O) groups is 1. The molecule has 1 atom stereocenters. The number of aromatic nitrogens is 2. The van der Waals surface area contributed by atoms with E-state index in [0.29, 0.717) is 20.6 Å². The molecule has 0 spiro atoms. The van der Waals surface area contributed by atoms with Crippen LogP contribution >= 0.6 is 33.9 Å². The first-order valence-corrected chi connectivity index (χ1v) is 14.3. The monoisotopic (exact) mass is 637 g/mol. The van der Waals surface area contributed by atoms with Crippen molar-refractivity contribution in [3.05, 3.63) is 117 Å². The van der Waals surface area contributed by atoms with E-state index in [1.165, 1.54) is 20.5 Å². The molecule has 0 radical (unpaired) electrons. The SMILES string of the molecule is CCOC(=O)C1=C(C)N=c2s/c(=C/c3cc(C)n(-c4ccc(I)c(C)c4)c3C)c(=O)n2[C@H]1c1ccccc1. The smallest absolute Gasteiger partial charge is 0.338 e. The van der Waals surface area contributed by atoms with E-state index in [1.807, 2.05) is 36.4 Å². The van der Waals surface area contributed by atoms with E-state index in [9.17, 15) is 9.59 Å². The highest BCUT2D eigenvalue weighted by atomic mass is 127. The largest absolute Gasteiger partial charge is 0.463 e. The number of ether oxygens (including phenoxy) is 1. The summed E-state index contributed by atoms with van der Waals surface area (Å²) < 4.78 is 11.0. The summed E-state index contributed by atoms with van der Waals surface area (Å²) in [5.41, 5.74) is 7.05. The van der Waals surface area contributed by atoms with Crippen LogP contribution in [0.4, 0.5) is 0 Å². The zero-order chi connectivity index (χ0) is 27.1. The summed E-state index contributed by atoms with van der Waals surface area (Å²) in [5, 5.41) is 0. The van der Waals surface area contributed by atoms with Gasteiger partial charge in [-0.15, -0.1) is 0 Å². The number of thiazole rings is 1. The average Bonchev–Trinajstić information content (AvgIpc) is 3.34. The standard InChI is InChI=1S/C30H28IN3O3S/c1-6-37-29(36)26-19(4)32-30-34(27(26)21-10-8-7-9-11-21)28(35)25(38-30)16-22-15-18(3)33(20(22)5)23-12-13-24(31)17(2)14-23/h7-16,27H,6H2,1-5H3/b25-16+/t27-/m0/s1. The number of benzene rings is 2. The van der Waals surface area contributed by atoms with Crippen LogP contribution in [0.1, 0.15) is 48.0 Å². The van der Waals surface area contributed by atoms with Crippen molar-refractivity contribution in [3.63, 3.8) is 0 Å². The van der Waals surface area contributed by atoms with Crippen molar-refractivity contribution in [1.29, 1.82) is 0 Å². The number of carbonyl (C=O) groups excluding carboxylic acids is 1. The van der Waals surface area contributed by atoms with Gasteiger partial charge in [0.15, 0.2) is 4.80 Å². The van der Waals surface area contributed by atoms with E-state index in [1.54, 1.807) is 18.4 Å². The molecule has 0 fully saturated rings. The lowest BCUT2D eigenvalue weighted by atomic mass is 9.96. The number of allylic oxidation sites excluding steroid dienone is 1. The van der Waals surface area contributed by atoms with Crippen LogP contribution in [-0.4, -0.2) is 21.7 Å². The zero-order valence-corrected chi connectivity index (χ0v) is 24.9. The second-order valence-corrected chi connectivity index (χ2v) is 11.5. The number of fused-ring (bicyclic) bond motifs is 1. The second-order valence-electron chi connectivity index (χ2n) is 9.31. The molecule has 8 heteroatoms. The number of nitrogens with zero attached hydrogens (tertiary/aromatic N) is 3. The molecule has 2 aromatic carbocycles. The molecule has 1 aliphatic rings. The lowest BCUT2D eigenvalue weighted by molar-refractivity contribution is -0.139. The Kier molecular flexibility index (Phi) is 7.28. The normalized spacial score (nSPS) is 15.4. The Morgan fingerprint density at radius 3 is 2.53 bits per heavy atom. The Morgan fingerprint density at radius 1 is 1.11 bits per heavy atom. The third-order valence-electron chi connectivity index (χ3n) is 6.79. The zero-order valence-electron chi connectivity index (χ0n) is 21.9. The van der Waals surface area contributed by atoms with Crippen LogP contribution in [-0.2, 0) is 9.53 Å². The van der Waals surface area contributed by atoms with Gasteiger partial charge in [-0.05, 0) is 104 Å². The first-order valence-electron chi connectivity index (χ1n) is 12.4. The first kappa shape index (κ1) is 26.4. The van der Waals surface area contributed by atoms with Gasteiger partial charge in [0, 0.05) is 20.6 Å². The fourth-order valence-corrected chi connectivity index (χ4v) is 6.36. The summed E-state index contributed by atoms with van der Waals surface area (Å²) in [6, 6.07) is 17.5. The van der Waals surface area contributed by atoms with Gasteiger partial charge in [0.25, 0.3) is 5.56 Å². The van der Waals surface area contributed by atoms with Crippen molar-refractivity contribution in [2.24, 2.45) is 4.99 Å². The minimum absolute atomic E-state index is 0.174. The molecule has 0 saturated heterocycles. The Bertz CT molecular complexity index is 1780. The van der Waals surface area contributed by atoms with E-state index in [4.69, 9.17) is 4.74 Å². The van der Waals surface area contributed by atoms with Gasteiger partial charge in [-0.3, -0.25) is 9.36 Å². The van der Waals surface area contributed by atoms with Gasteiger partial charge < -0.3 is 9.30 Å². The van der Waals surface area contributed by atoms with Crippen LogP contribution in [0, 0.1) is 24.3 Å². The number of aryl methyl sites for hydroxylation is 2. The molecule has 3 heterocycles. The molecule has 2 aromatic heterocycles. The fourth-order valence-electron chi connectivity index (χ4n) is 4.98. The quantitative estimate of drug-likeness (QED) is 0.226. The number of rotatable bonds is 5. The number of halogens is 1. The van der Waals surface area contributed by atoms with Crippen molar-refractivity contribution in [2.45, 2.75) is 40.7 Å². The fraction of sp³-hybridized carbons (Fsp3) is 0.233. The van der Waals surface area contributed by atoms with Crippen LogP contribution in [0.25, 0.3) is 11.8 Å². The average molecular weight is 638 g/mol. The summed E-state index contributed by atoms with van der Waals surface area (Å²) in [5.74, 6) is -0.451. The van der Waals surface area contributed by atoms with Gasteiger partial charge in [-0.1, -0.05) is 41.7 Å². The van der Waals surface area contributed by atoms with Crippen molar-refractivity contribution in [3.8, 4) is 5.69 Å². The van der Waals surface area contributed by atoms with Crippen LogP contribution in [0.5, 0.6) is 0 Å². The van der Waals surface area contributed by atoms with Gasteiger partial charge in [0.05, 0.1) is 28.5 Å². The molecule has 4 aromatic rings. The van der Waals surface area contributed by atoms with E-state index < -0.39 is 12.0 Å². The molecule has 5 rings (SSSR count). The van der Waals surface area contributed by atoms with Crippen molar-refractivity contribution < 1.29 is 9.53 Å². The predicted molar refractivity (Wildman–Crippen MR) is 160 cm³/mol. The van der Waals surface area contributed by atoms with Crippen molar-refractivity contribution >= 4 is 46.0 Å². The maximum absolute atomic E-state index is 13.9. The lowest BCUT2D eigenvalue weighted by Crippen LogP contribution is -2.39. The van der Waals surface area contributed by atoms with Crippen molar-refractivity contribution in [1.82, 2.24) is 9.13 Å². The Labute approximate surface area is 238 Å². The number of hydrogen-bond donors (Lipinski definition) is 0. The van der Waals surface area contributed by atoms with E-state index in [0.717, 1.165) is 28.2 Å². The molecule has 0 amide bonds. The maximum Gasteiger partial charge on any atom is 0.338 e. The highest BCUT2D eigenvalue weighted by Crippen LogP contribution is 2.30. The highest BCUT2D eigenvalue weighted by molar-refractivity contribution is 14.1. The molecule has 0 aliphatic carbocycles. The van der Waals surface area contributed by atoms with Crippen LogP contribution in [0.3, 0.4) is 0 Å². The maximum atomic E-state index is 13.9. The third-order valence-corrected chi connectivity index (χ3v) is 8.98. The van der Waals surface area contributed by atoms with Gasteiger partial charge in [0.2, 0.25) is 0 Å². The Balaban J connectivity index is 1.68. The van der Waals surface area contributed by atoms with E-state index in [-0.39, 0.29) is 12.2 Å². The van der Waals surface area contributed by atoms with Gasteiger partial charge in [-0.25, -0.2) is 9.79 Å². The van der Waals surface area contributed by atoms with E-state index in [2.05, 4.69) is 77.2 Å². The summed E-state index contributed by atoms with van der Waals surface area (Å²) >= 11 is 3.69. The molecular weight excluding hydrogens is 609 g/mol. The topological polar surface area (TPSA) is 65.6 Å². The number of esters is 1. The van der Waals surface area contributed by atoms with Crippen LogP contribution < -0.4 is 14.9 Å². The van der Waals surface area contributed by atoms with Gasteiger partial charge >= 0.3 is 5.97 Å². The molecule has 1 aliphatic heterocycles. The summed E-state index contributed by atoms with van der Waals surface area (Å²) in [6.45, 7) is 10.1. The minimum Gasteiger partial charge on any atom is -0.463 e. The highest BCUT2D eigenvalue weighted by Gasteiger charge is 2.33. The molecule has 194 valence electrons. The molecule has 6 nitrogen and oxygen atoms in total. The van der Waals surface area contributed by atoms with Crippen molar-refractivity contribution in [2.75, 3.05) is 6.61 Å². The molecule has 0 saturated carbocycles. The molecule has 0 N–H and O–H groups in total. The molecule has 0 unspecified atom stereocenters. The lowest BCUT2D eigenvalue weighted by Gasteiger charge is -2.24. The second kappa shape index (κ2) is 10.5. The minimum atomic E-state index is -0.601. The first-order chi connectivity index (χ1) is 18.2. The predicted octanol–water partition coefficient (Wildman–Crippen LogP) is 5.12. The number of hydrogen-bond acceptors (Lipinski definition) is 5. The van der Waals surface area contributed by atoms with Gasteiger partial charge in [-0.2, -0.15) is 0 Å². The van der Waals surface area contributed by atoms with Gasteiger partial charge in [0.1, 0.15) is 0 Å². The molecule has 0 bridgehead atoms. The third kappa shape index (κ3) is 4.60. The Morgan fingerprint density at radius 2 is 1.84 bits per heavy atom. The summed E-state index contributed by atoms with van der Waals surface area (Å²) in [4.78, 5) is 32.1. The molecular formula is C30H28IN3O3S. The van der Waals surface area contributed by atoms with Crippen LogP contribution in [0.2, 0.25) is 0 Å². The molecule has 38 heavy (non-hydrogen) atoms.